The third kappa shape index (κ3) is 3.53. The van der Waals surface area contributed by atoms with Crippen molar-refractivity contribution in [3.05, 3.63) is 92.9 Å². The van der Waals surface area contributed by atoms with E-state index in [4.69, 9.17) is 28.0 Å². The average molecular weight is 518 g/mol. The molecule has 3 unspecified atom stereocenters. The summed E-state index contributed by atoms with van der Waals surface area (Å²) in [6.45, 7) is 0. The lowest BCUT2D eigenvalue weighted by molar-refractivity contribution is -0.126. The third-order valence-electron chi connectivity index (χ3n) is 5.42. The van der Waals surface area contributed by atoms with Gasteiger partial charge in [-0.25, -0.2) is 9.96 Å². The molecule has 2 amide bonds. The number of amides is 2. The summed E-state index contributed by atoms with van der Waals surface area (Å²) in [5.41, 5.74) is 1.96. The highest BCUT2D eigenvalue weighted by molar-refractivity contribution is 9.10. The highest BCUT2D eigenvalue weighted by Gasteiger charge is 2.60. The number of hydroxylamine groups is 1. The van der Waals surface area contributed by atoms with Crippen molar-refractivity contribution < 1.29 is 14.4 Å². The van der Waals surface area contributed by atoms with Crippen LogP contribution in [0.2, 0.25) is 10.0 Å². The SMILES string of the molecule is O=C1C2ON(c3ccccc3)C(c3cccc(Br)c3)C2C(=O)N1c1cc(Cl)cc(Cl)c1. The molecule has 0 aliphatic carbocycles. The Balaban J connectivity index is 1.60. The second-order valence-corrected chi connectivity index (χ2v) is 9.14. The molecule has 2 fully saturated rings. The number of halogens is 3. The van der Waals surface area contributed by atoms with E-state index < -0.39 is 24.0 Å². The van der Waals surface area contributed by atoms with E-state index in [1.807, 2.05) is 54.6 Å². The van der Waals surface area contributed by atoms with Gasteiger partial charge in [0.05, 0.1) is 17.4 Å². The summed E-state index contributed by atoms with van der Waals surface area (Å²) in [5, 5.41) is 2.35. The minimum absolute atomic E-state index is 0.338. The Labute approximate surface area is 197 Å². The van der Waals surface area contributed by atoms with Crippen LogP contribution in [0.1, 0.15) is 11.6 Å². The first kappa shape index (κ1) is 20.5. The minimum Gasteiger partial charge on any atom is -0.273 e. The van der Waals surface area contributed by atoms with Crippen LogP contribution in [-0.2, 0) is 14.4 Å². The largest absolute Gasteiger partial charge is 0.273 e. The molecule has 0 aromatic heterocycles. The highest BCUT2D eigenvalue weighted by Crippen LogP contribution is 2.48. The summed E-state index contributed by atoms with van der Waals surface area (Å²) in [6.07, 6.45) is -0.950. The Morgan fingerprint density at radius 1 is 0.806 bits per heavy atom. The van der Waals surface area contributed by atoms with Gasteiger partial charge < -0.3 is 0 Å². The van der Waals surface area contributed by atoms with Crippen molar-refractivity contribution in [2.75, 3.05) is 9.96 Å². The molecular weight excluding hydrogens is 503 g/mol. The number of hydrogen-bond donors (Lipinski definition) is 0. The van der Waals surface area contributed by atoms with E-state index in [0.717, 1.165) is 20.6 Å². The van der Waals surface area contributed by atoms with Crippen LogP contribution in [0.3, 0.4) is 0 Å². The van der Waals surface area contributed by atoms with E-state index in [1.54, 1.807) is 23.3 Å². The molecule has 156 valence electrons. The zero-order valence-corrected chi connectivity index (χ0v) is 19.0. The van der Waals surface area contributed by atoms with Crippen molar-refractivity contribution in [1.82, 2.24) is 0 Å². The standard InChI is InChI=1S/C23H15BrCl2N2O3/c24-14-6-4-5-13(9-14)20-19-21(31-28(20)17-7-2-1-3-8-17)23(30)27(22(19)29)18-11-15(25)10-16(26)12-18/h1-12,19-21H. The van der Waals surface area contributed by atoms with Crippen LogP contribution < -0.4 is 9.96 Å². The number of imide groups is 1. The maximum absolute atomic E-state index is 13.6. The average Bonchev–Trinajstić information content (AvgIpc) is 3.24. The van der Waals surface area contributed by atoms with Gasteiger partial charge in [-0.1, -0.05) is 69.5 Å². The van der Waals surface area contributed by atoms with Crippen molar-refractivity contribution in [2.24, 2.45) is 5.92 Å². The van der Waals surface area contributed by atoms with Crippen molar-refractivity contribution in [3.8, 4) is 0 Å². The van der Waals surface area contributed by atoms with Gasteiger partial charge in [0.2, 0.25) is 5.91 Å². The zero-order valence-electron chi connectivity index (χ0n) is 15.9. The van der Waals surface area contributed by atoms with Gasteiger partial charge in [0.15, 0.2) is 6.10 Å². The molecule has 31 heavy (non-hydrogen) atoms. The summed E-state index contributed by atoms with van der Waals surface area (Å²) >= 11 is 15.7. The minimum atomic E-state index is -0.950. The zero-order chi connectivity index (χ0) is 21.7. The van der Waals surface area contributed by atoms with Crippen molar-refractivity contribution in [1.29, 1.82) is 0 Å². The van der Waals surface area contributed by atoms with Crippen LogP contribution in [-0.4, -0.2) is 17.9 Å². The molecule has 0 spiro atoms. The van der Waals surface area contributed by atoms with Crippen LogP contribution in [0.5, 0.6) is 0 Å². The predicted molar refractivity (Wildman–Crippen MR) is 123 cm³/mol. The van der Waals surface area contributed by atoms with Gasteiger partial charge in [0, 0.05) is 14.5 Å². The molecule has 3 aromatic rings. The summed E-state index contributed by atoms with van der Waals surface area (Å²) in [4.78, 5) is 34.1. The van der Waals surface area contributed by atoms with Gasteiger partial charge in [-0.15, -0.1) is 0 Å². The van der Waals surface area contributed by atoms with Gasteiger partial charge in [0.25, 0.3) is 5.91 Å². The Hall–Kier alpha value is -2.38. The van der Waals surface area contributed by atoms with E-state index in [-0.39, 0.29) is 5.91 Å². The fourth-order valence-corrected chi connectivity index (χ4v) is 5.10. The number of anilines is 2. The first-order chi connectivity index (χ1) is 14.9. The molecule has 2 saturated heterocycles. The van der Waals surface area contributed by atoms with E-state index >= 15 is 0 Å². The van der Waals surface area contributed by atoms with Crippen LogP contribution >= 0.6 is 39.1 Å². The molecule has 2 heterocycles. The van der Waals surface area contributed by atoms with E-state index in [9.17, 15) is 9.59 Å². The summed E-state index contributed by atoms with van der Waals surface area (Å²) in [6, 6.07) is 21.3. The Morgan fingerprint density at radius 3 is 2.19 bits per heavy atom. The highest BCUT2D eigenvalue weighted by atomic mass is 79.9. The topological polar surface area (TPSA) is 49.9 Å². The van der Waals surface area contributed by atoms with Gasteiger partial charge in [0.1, 0.15) is 5.92 Å². The third-order valence-corrected chi connectivity index (χ3v) is 6.35. The maximum atomic E-state index is 13.6. The number of carbonyl (C=O) groups excluding carboxylic acids is 2. The molecule has 0 saturated carbocycles. The quantitative estimate of drug-likeness (QED) is 0.411. The monoisotopic (exact) mass is 516 g/mol. The van der Waals surface area contributed by atoms with Gasteiger partial charge >= 0.3 is 0 Å². The van der Waals surface area contributed by atoms with Crippen LogP contribution in [0, 0.1) is 5.92 Å². The van der Waals surface area contributed by atoms with Crippen molar-refractivity contribution >= 4 is 62.3 Å². The molecular formula is C23H15BrCl2N2O3. The molecule has 8 heteroatoms. The molecule has 3 aromatic carbocycles. The predicted octanol–water partition coefficient (Wildman–Crippen LogP) is 5.81. The van der Waals surface area contributed by atoms with Crippen LogP contribution in [0.25, 0.3) is 0 Å². The molecule has 2 aliphatic rings. The molecule has 0 radical (unpaired) electrons. The summed E-state index contributed by atoms with van der Waals surface area (Å²) < 4.78 is 0.872. The lowest BCUT2D eigenvalue weighted by atomic mass is 9.90. The Morgan fingerprint density at radius 2 is 1.52 bits per heavy atom. The molecule has 5 nitrogen and oxygen atoms in total. The van der Waals surface area contributed by atoms with Gasteiger partial charge in [-0.05, 0) is 48.0 Å². The number of para-hydroxylation sites is 1. The molecule has 3 atom stereocenters. The smallest absolute Gasteiger partial charge is 0.266 e. The Bertz CT molecular complexity index is 1170. The summed E-state index contributed by atoms with van der Waals surface area (Å²) in [5.74, 6) is -1.51. The maximum Gasteiger partial charge on any atom is 0.266 e. The molecule has 0 bridgehead atoms. The van der Waals surface area contributed by atoms with Crippen LogP contribution in [0.15, 0.2) is 77.3 Å². The Kier molecular flexibility index (Phi) is 5.26. The number of carbonyl (C=O) groups is 2. The number of hydrogen-bond acceptors (Lipinski definition) is 4. The molecule has 5 rings (SSSR count). The second-order valence-electron chi connectivity index (χ2n) is 7.35. The molecule has 0 N–H and O–H groups in total. The van der Waals surface area contributed by atoms with E-state index in [2.05, 4.69) is 15.9 Å². The first-order valence-corrected chi connectivity index (χ1v) is 11.1. The second kappa shape index (κ2) is 7.95. The number of nitrogens with zero attached hydrogens (tertiary/aromatic N) is 2. The van der Waals surface area contributed by atoms with E-state index in [1.165, 1.54) is 0 Å². The first-order valence-electron chi connectivity index (χ1n) is 9.54. The van der Waals surface area contributed by atoms with Crippen LogP contribution in [0.4, 0.5) is 11.4 Å². The van der Waals surface area contributed by atoms with Gasteiger partial charge in [-0.3, -0.25) is 14.4 Å². The fraction of sp³-hybridized carbons (Fsp3) is 0.130. The number of benzene rings is 3. The van der Waals surface area contributed by atoms with E-state index in [0.29, 0.717) is 15.7 Å². The van der Waals surface area contributed by atoms with Crippen molar-refractivity contribution in [3.63, 3.8) is 0 Å². The number of rotatable bonds is 3. The fourth-order valence-electron chi connectivity index (χ4n) is 4.17. The number of fused-ring (bicyclic) bond motifs is 1. The normalized spacial score (nSPS) is 22.9. The molecule has 2 aliphatic heterocycles. The summed E-state index contributed by atoms with van der Waals surface area (Å²) in [7, 11) is 0. The van der Waals surface area contributed by atoms with Gasteiger partial charge in [-0.2, -0.15) is 0 Å². The van der Waals surface area contributed by atoms with Crippen molar-refractivity contribution in [2.45, 2.75) is 12.1 Å². The lowest BCUT2D eigenvalue weighted by Gasteiger charge is -2.29. The lowest BCUT2D eigenvalue weighted by Crippen LogP contribution is -2.37.